The summed E-state index contributed by atoms with van der Waals surface area (Å²) in [6, 6.07) is 10.9. The maximum absolute atomic E-state index is 12.9. The zero-order valence-electron chi connectivity index (χ0n) is 14.3. The molecule has 1 fully saturated rings. The van der Waals surface area contributed by atoms with Gasteiger partial charge in [0.05, 0.1) is 18.9 Å². The minimum Gasteiger partial charge on any atom is -0.378 e. The van der Waals surface area contributed by atoms with Crippen LogP contribution in [0.1, 0.15) is 6.42 Å². The molecule has 1 amide bonds. The number of amides is 1. The van der Waals surface area contributed by atoms with Crippen LogP contribution in [-0.2, 0) is 9.53 Å². The molecule has 2 heterocycles. The highest BCUT2D eigenvalue weighted by atomic mass is 16.5. The number of rotatable bonds is 4. The quantitative estimate of drug-likeness (QED) is 0.836. The second kappa shape index (κ2) is 8.19. The Bertz CT molecular complexity index is 792. The summed E-state index contributed by atoms with van der Waals surface area (Å²) in [5, 5.41) is 20.4. The first-order valence-electron chi connectivity index (χ1n) is 8.44. The third kappa shape index (κ3) is 3.85. The van der Waals surface area contributed by atoms with Gasteiger partial charge >= 0.3 is 0 Å². The van der Waals surface area contributed by atoms with E-state index in [9.17, 15) is 4.79 Å². The lowest BCUT2D eigenvalue weighted by molar-refractivity contribution is -0.117. The van der Waals surface area contributed by atoms with Gasteiger partial charge in [0.15, 0.2) is 0 Å². The zero-order valence-corrected chi connectivity index (χ0v) is 14.3. The van der Waals surface area contributed by atoms with Crippen molar-refractivity contribution in [2.75, 3.05) is 43.1 Å². The van der Waals surface area contributed by atoms with Gasteiger partial charge in [0.25, 0.3) is 5.91 Å². The molecule has 1 aromatic carbocycles. The minimum absolute atomic E-state index is 0.000532. The van der Waals surface area contributed by atoms with Gasteiger partial charge in [-0.05, 0) is 30.7 Å². The van der Waals surface area contributed by atoms with Crippen LogP contribution in [0.15, 0.2) is 47.8 Å². The fourth-order valence-electron chi connectivity index (χ4n) is 2.96. The van der Waals surface area contributed by atoms with Crippen molar-refractivity contribution in [3.63, 3.8) is 0 Å². The molecule has 1 N–H and O–H groups in total. The standard InChI is InChI=1S/C19H19N5O2/c20-12-15(13-21)14-22-16-3-5-17(6-4-16)24-7-1-2-18(19(24)25)23-8-10-26-11-9-23/h2-6,14,22H,1,7-11H2. The van der Waals surface area contributed by atoms with Gasteiger partial charge in [-0.2, -0.15) is 10.5 Å². The van der Waals surface area contributed by atoms with Crippen molar-refractivity contribution in [1.82, 2.24) is 4.90 Å². The van der Waals surface area contributed by atoms with Crippen molar-refractivity contribution in [3.05, 3.63) is 47.8 Å². The average molecular weight is 349 g/mol. The number of hydrogen-bond donors (Lipinski definition) is 1. The fraction of sp³-hybridized carbons (Fsp3) is 0.316. The number of benzene rings is 1. The molecule has 0 unspecified atom stereocenters. The van der Waals surface area contributed by atoms with E-state index < -0.39 is 0 Å². The van der Waals surface area contributed by atoms with Crippen LogP contribution in [0.25, 0.3) is 0 Å². The van der Waals surface area contributed by atoms with E-state index in [-0.39, 0.29) is 11.5 Å². The van der Waals surface area contributed by atoms with Crippen LogP contribution in [0, 0.1) is 22.7 Å². The van der Waals surface area contributed by atoms with Gasteiger partial charge in [-0.25, -0.2) is 0 Å². The van der Waals surface area contributed by atoms with E-state index in [1.807, 2.05) is 30.3 Å². The summed E-state index contributed by atoms with van der Waals surface area (Å²) in [6.07, 6.45) is 4.19. The summed E-state index contributed by atoms with van der Waals surface area (Å²) < 4.78 is 5.36. The average Bonchev–Trinajstić information content (AvgIpc) is 2.70. The van der Waals surface area contributed by atoms with Crippen molar-refractivity contribution in [1.29, 1.82) is 10.5 Å². The van der Waals surface area contributed by atoms with Crippen LogP contribution in [0.2, 0.25) is 0 Å². The molecular formula is C19H19N5O2. The minimum atomic E-state index is 0.000532. The molecule has 0 radical (unpaired) electrons. The Morgan fingerprint density at radius 2 is 1.81 bits per heavy atom. The first-order valence-corrected chi connectivity index (χ1v) is 8.44. The Hall–Kier alpha value is -3.29. The predicted molar refractivity (Wildman–Crippen MR) is 96.8 cm³/mol. The Kier molecular flexibility index (Phi) is 5.52. The number of nitriles is 2. The van der Waals surface area contributed by atoms with Gasteiger partial charge in [-0.15, -0.1) is 0 Å². The normalized spacial score (nSPS) is 17.0. The summed E-state index contributed by atoms with van der Waals surface area (Å²) in [5.41, 5.74) is 2.31. The number of morpholine rings is 1. The van der Waals surface area contributed by atoms with Gasteiger partial charge in [-0.1, -0.05) is 6.08 Å². The lowest BCUT2D eigenvalue weighted by atomic mass is 10.1. The van der Waals surface area contributed by atoms with Crippen LogP contribution in [0.3, 0.4) is 0 Å². The molecule has 7 nitrogen and oxygen atoms in total. The molecular weight excluding hydrogens is 330 g/mol. The molecule has 1 saturated heterocycles. The molecule has 0 spiro atoms. The summed E-state index contributed by atoms with van der Waals surface area (Å²) >= 11 is 0. The van der Waals surface area contributed by atoms with Gasteiger partial charge in [0.2, 0.25) is 0 Å². The maximum atomic E-state index is 12.9. The van der Waals surface area contributed by atoms with E-state index >= 15 is 0 Å². The number of nitrogens with one attached hydrogen (secondary N) is 1. The topological polar surface area (TPSA) is 92.4 Å². The third-order valence-corrected chi connectivity index (χ3v) is 4.31. The van der Waals surface area contributed by atoms with Crippen LogP contribution >= 0.6 is 0 Å². The lowest BCUT2D eigenvalue weighted by Crippen LogP contribution is -2.45. The van der Waals surface area contributed by atoms with Gasteiger partial charge < -0.3 is 19.9 Å². The van der Waals surface area contributed by atoms with Gasteiger partial charge in [0, 0.05) is 37.2 Å². The second-order valence-corrected chi connectivity index (χ2v) is 5.91. The monoisotopic (exact) mass is 349 g/mol. The van der Waals surface area contributed by atoms with Crippen LogP contribution in [0.5, 0.6) is 0 Å². The summed E-state index contributed by atoms with van der Waals surface area (Å²) in [7, 11) is 0. The summed E-state index contributed by atoms with van der Waals surface area (Å²) in [4.78, 5) is 16.7. The van der Waals surface area contributed by atoms with Crippen LogP contribution < -0.4 is 10.2 Å². The summed E-state index contributed by atoms with van der Waals surface area (Å²) in [5.74, 6) is 0.00926. The number of nitrogens with zero attached hydrogens (tertiary/aromatic N) is 4. The fourth-order valence-corrected chi connectivity index (χ4v) is 2.96. The van der Waals surface area contributed by atoms with E-state index in [4.69, 9.17) is 15.3 Å². The first kappa shape index (κ1) is 17.5. The number of hydrogen-bond acceptors (Lipinski definition) is 6. The Balaban J connectivity index is 1.70. The highest BCUT2D eigenvalue weighted by molar-refractivity contribution is 6.06. The molecule has 0 bridgehead atoms. The third-order valence-electron chi connectivity index (χ3n) is 4.31. The van der Waals surface area contributed by atoms with Crippen LogP contribution in [0.4, 0.5) is 11.4 Å². The molecule has 1 aromatic rings. The molecule has 0 aliphatic carbocycles. The largest absolute Gasteiger partial charge is 0.378 e. The first-order chi connectivity index (χ1) is 12.7. The molecule has 132 valence electrons. The lowest BCUT2D eigenvalue weighted by Gasteiger charge is -2.35. The smallest absolute Gasteiger partial charge is 0.274 e. The number of ether oxygens (including phenoxy) is 1. The number of carbonyl (C=O) groups is 1. The molecule has 2 aliphatic heterocycles. The van der Waals surface area contributed by atoms with Crippen molar-refractivity contribution in [3.8, 4) is 12.1 Å². The molecule has 0 atom stereocenters. The van der Waals surface area contributed by atoms with Crippen molar-refractivity contribution >= 4 is 17.3 Å². The second-order valence-electron chi connectivity index (χ2n) is 5.91. The van der Waals surface area contributed by atoms with Gasteiger partial charge in [-0.3, -0.25) is 4.79 Å². The molecule has 3 rings (SSSR count). The Labute approximate surface area is 152 Å². The van der Waals surface area contributed by atoms with Crippen LogP contribution in [-0.4, -0.2) is 43.7 Å². The SMILES string of the molecule is N#CC(C#N)=CNc1ccc(N2CCC=C(N3CCOCC3)C2=O)cc1. The van der Waals surface area contributed by atoms with E-state index in [1.165, 1.54) is 6.20 Å². The number of allylic oxidation sites excluding steroid dienone is 1. The van der Waals surface area contributed by atoms with Crippen molar-refractivity contribution in [2.45, 2.75) is 6.42 Å². The number of anilines is 2. The maximum Gasteiger partial charge on any atom is 0.274 e. The van der Waals surface area contributed by atoms with E-state index in [2.05, 4.69) is 10.2 Å². The van der Waals surface area contributed by atoms with Crippen molar-refractivity contribution < 1.29 is 9.53 Å². The molecule has 7 heteroatoms. The number of carbonyl (C=O) groups excluding carboxylic acids is 1. The highest BCUT2D eigenvalue weighted by Crippen LogP contribution is 2.25. The predicted octanol–water partition coefficient (Wildman–Crippen LogP) is 1.98. The molecule has 26 heavy (non-hydrogen) atoms. The van der Waals surface area contributed by atoms with E-state index in [0.717, 1.165) is 36.6 Å². The summed E-state index contributed by atoms with van der Waals surface area (Å²) in [6.45, 7) is 3.41. The molecule has 2 aliphatic rings. The zero-order chi connectivity index (χ0) is 18.4. The molecule has 0 aromatic heterocycles. The van der Waals surface area contributed by atoms with Crippen molar-refractivity contribution in [2.24, 2.45) is 0 Å². The van der Waals surface area contributed by atoms with Gasteiger partial charge in [0.1, 0.15) is 17.7 Å². The Morgan fingerprint density at radius 3 is 2.46 bits per heavy atom. The highest BCUT2D eigenvalue weighted by Gasteiger charge is 2.28. The van der Waals surface area contributed by atoms with E-state index in [1.54, 1.807) is 17.0 Å². The molecule has 0 saturated carbocycles. The van der Waals surface area contributed by atoms with E-state index in [0.29, 0.717) is 19.8 Å². The Morgan fingerprint density at radius 1 is 1.12 bits per heavy atom.